The third kappa shape index (κ3) is 3.90. The zero-order chi connectivity index (χ0) is 14.4. The van der Waals surface area contributed by atoms with Gasteiger partial charge in [-0.15, -0.1) is 0 Å². The Morgan fingerprint density at radius 1 is 1.30 bits per heavy atom. The van der Waals surface area contributed by atoms with Crippen molar-refractivity contribution in [2.75, 3.05) is 6.61 Å². The average molecular weight is 269 g/mol. The number of hydrogen-bond acceptors (Lipinski definition) is 3. The van der Waals surface area contributed by atoms with Crippen LogP contribution in [0.15, 0.2) is 42.6 Å². The van der Waals surface area contributed by atoms with E-state index in [9.17, 15) is 0 Å². The van der Waals surface area contributed by atoms with Gasteiger partial charge in [-0.1, -0.05) is 18.2 Å². The van der Waals surface area contributed by atoms with Gasteiger partial charge in [-0.05, 0) is 36.2 Å². The first-order chi connectivity index (χ1) is 9.66. The number of aromatic nitrogens is 1. The summed E-state index contributed by atoms with van der Waals surface area (Å²) >= 11 is 0. The zero-order valence-electron chi connectivity index (χ0n) is 11.6. The molecule has 0 saturated heterocycles. The van der Waals surface area contributed by atoms with Crippen molar-refractivity contribution < 1.29 is 4.74 Å². The van der Waals surface area contributed by atoms with Crippen molar-refractivity contribution >= 4 is 5.84 Å². The first-order valence-electron chi connectivity index (χ1n) is 6.58. The standard InChI is InChI=1S/C16H19N3O/c1-12-10-13(16(17)18)5-6-14(12)11-20-9-7-15-4-2-3-8-19-15/h2-6,8,10H,7,9,11H2,1H3,(H3,17,18). The molecule has 1 aromatic carbocycles. The lowest BCUT2D eigenvalue weighted by Crippen LogP contribution is -2.11. The molecule has 0 aliphatic carbocycles. The monoisotopic (exact) mass is 269 g/mol. The van der Waals surface area contributed by atoms with Crippen LogP contribution in [-0.4, -0.2) is 17.4 Å². The second-order valence-electron chi connectivity index (χ2n) is 4.68. The van der Waals surface area contributed by atoms with Crippen molar-refractivity contribution in [2.24, 2.45) is 5.73 Å². The van der Waals surface area contributed by atoms with Crippen LogP contribution in [0.25, 0.3) is 0 Å². The molecule has 3 N–H and O–H groups in total. The molecule has 1 heterocycles. The Hall–Kier alpha value is -2.20. The maximum Gasteiger partial charge on any atom is 0.122 e. The summed E-state index contributed by atoms with van der Waals surface area (Å²) in [6.45, 7) is 3.21. The Balaban J connectivity index is 1.84. The minimum atomic E-state index is 0.0933. The summed E-state index contributed by atoms with van der Waals surface area (Å²) < 4.78 is 5.68. The maximum atomic E-state index is 7.41. The van der Waals surface area contributed by atoms with E-state index in [4.69, 9.17) is 15.9 Å². The Kier molecular flexibility index (Phi) is 4.85. The normalized spacial score (nSPS) is 10.4. The maximum absolute atomic E-state index is 7.41. The van der Waals surface area contributed by atoms with Gasteiger partial charge in [0.05, 0.1) is 13.2 Å². The van der Waals surface area contributed by atoms with Crippen molar-refractivity contribution in [3.8, 4) is 0 Å². The number of amidine groups is 1. The highest BCUT2D eigenvalue weighted by molar-refractivity contribution is 5.95. The van der Waals surface area contributed by atoms with Crippen molar-refractivity contribution in [3.05, 3.63) is 65.0 Å². The molecule has 0 aliphatic rings. The van der Waals surface area contributed by atoms with Gasteiger partial charge in [0, 0.05) is 23.9 Å². The number of nitrogens with zero attached hydrogens (tertiary/aromatic N) is 1. The number of hydrogen-bond donors (Lipinski definition) is 2. The van der Waals surface area contributed by atoms with Gasteiger partial charge in [-0.3, -0.25) is 10.4 Å². The predicted octanol–water partition coefficient (Wildman–Crippen LogP) is 2.43. The average Bonchev–Trinajstić information content (AvgIpc) is 2.46. The SMILES string of the molecule is Cc1cc(C(=N)N)ccc1COCCc1ccccn1. The second-order valence-corrected chi connectivity index (χ2v) is 4.68. The Morgan fingerprint density at radius 2 is 2.15 bits per heavy atom. The molecule has 2 rings (SSSR count). The number of nitrogens with one attached hydrogen (secondary N) is 1. The summed E-state index contributed by atoms with van der Waals surface area (Å²) in [5, 5.41) is 7.41. The molecule has 0 fully saturated rings. The van der Waals surface area contributed by atoms with E-state index in [0.717, 1.165) is 28.8 Å². The highest BCUT2D eigenvalue weighted by Gasteiger charge is 2.02. The molecule has 1 aromatic heterocycles. The highest BCUT2D eigenvalue weighted by Crippen LogP contribution is 2.12. The fourth-order valence-corrected chi connectivity index (χ4v) is 1.93. The number of ether oxygens (including phenoxy) is 1. The molecule has 4 heteroatoms. The lowest BCUT2D eigenvalue weighted by atomic mass is 10.1. The van der Waals surface area contributed by atoms with E-state index in [-0.39, 0.29) is 5.84 Å². The van der Waals surface area contributed by atoms with Crippen LogP contribution < -0.4 is 5.73 Å². The molecule has 0 unspecified atom stereocenters. The molecule has 2 aromatic rings. The van der Waals surface area contributed by atoms with E-state index in [1.54, 1.807) is 6.20 Å². The van der Waals surface area contributed by atoms with Gasteiger partial charge in [-0.25, -0.2) is 0 Å². The first kappa shape index (κ1) is 14.2. The van der Waals surface area contributed by atoms with Crippen molar-refractivity contribution in [1.82, 2.24) is 4.98 Å². The molecule has 0 atom stereocenters. The number of rotatable bonds is 6. The number of pyridine rings is 1. The van der Waals surface area contributed by atoms with E-state index in [0.29, 0.717) is 13.2 Å². The van der Waals surface area contributed by atoms with Gasteiger partial charge in [0.1, 0.15) is 5.84 Å². The lowest BCUT2D eigenvalue weighted by Gasteiger charge is -2.09. The number of nitrogens with two attached hydrogens (primary N) is 1. The fraction of sp³-hybridized carbons (Fsp3) is 0.250. The molecule has 0 spiro atoms. The minimum absolute atomic E-state index is 0.0933. The minimum Gasteiger partial charge on any atom is -0.384 e. The van der Waals surface area contributed by atoms with Gasteiger partial charge >= 0.3 is 0 Å². The smallest absolute Gasteiger partial charge is 0.122 e. The van der Waals surface area contributed by atoms with Crippen LogP contribution in [0.3, 0.4) is 0 Å². The van der Waals surface area contributed by atoms with E-state index in [1.807, 2.05) is 43.3 Å². The Morgan fingerprint density at radius 3 is 2.80 bits per heavy atom. The third-order valence-electron chi connectivity index (χ3n) is 3.14. The van der Waals surface area contributed by atoms with Crippen LogP contribution in [0.2, 0.25) is 0 Å². The van der Waals surface area contributed by atoms with Crippen molar-refractivity contribution in [2.45, 2.75) is 20.0 Å². The van der Waals surface area contributed by atoms with Crippen LogP contribution in [0.1, 0.15) is 22.4 Å². The molecular weight excluding hydrogens is 250 g/mol. The molecule has 104 valence electrons. The van der Waals surface area contributed by atoms with Crippen LogP contribution in [-0.2, 0) is 17.8 Å². The first-order valence-corrected chi connectivity index (χ1v) is 6.58. The largest absolute Gasteiger partial charge is 0.384 e. The van der Waals surface area contributed by atoms with Gasteiger partial charge in [-0.2, -0.15) is 0 Å². The summed E-state index contributed by atoms with van der Waals surface area (Å²) in [5.74, 6) is 0.0933. The number of nitrogen functional groups attached to an aromatic ring is 1. The van der Waals surface area contributed by atoms with Crippen molar-refractivity contribution in [3.63, 3.8) is 0 Å². The van der Waals surface area contributed by atoms with E-state index in [1.165, 1.54) is 0 Å². The molecule has 0 amide bonds. The highest BCUT2D eigenvalue weighted by atomic mass is 16.5. The number of aryl methyl sites for hydroxylation is 1. The second kappa shape index (κ2) is 6.82. The fourth-order valence-electron chi connectivity index (χ4n) is 1.93. The predicted molar refractivity (Wildman–Crippen MR) is 79.8 cm³/mol. The molecule has 0 saturated carbocycles. The molecule has 0 bridgehead atoms. The van der Waals surface area contributed by atoms with E-state index in [2.05, 4.69) is 4.98 Å². The van der Waals surface area contributed by atoms with E-state index >= 15 is 0 Å². The molecular formula is C16H19N3O. The van der Waals surface area contributed by atoms with Crippen LogP contribution in [0.4, 0.5) is 0 Å². The molecule has 4 nitrogen and oxygen atoms in total. The summed E-state index contributed by atoms with van der Waals surface area (Å²) in [5.41, 5.74) is 9.47. The Bertz CT molecular complexity index is 582. The van der Waals surface area contributed by atoms with Gasteiger partial charge in [0.2, 0.25) is 0 Å². The summed E-state index contributed by atoms with van der Waals surface area (Å²) in [6, 6.07) is 11.6. The van der Waals surface area contributed by atoms with Crippen LogP contribution >= 0.6 is 0 Å². The third-order valence-corrected chi connectivity index (χ3v) is 3.14. The number of benzene rings is 1. The quantitative estimate of drug-likeness (QED) is 0.480. The van der Waals surface area contributed by atoms with Gasteiger partial charge in [0.15, 0.2) is 0 Å². The lowest BCUT2D eigenvalue weighted by molar-refractivity contribution is 0.123. The summed E-state index contributed by atoms with van der Waals surface area (Å²) in [4.78, 5) is 4.25. The Labute approximate surface area is 119 Å². The molecule has 0 aliphatic heterocycles. The molecule has 0 radical (unpaired) electrons. The van der Waals surface area contributed by atoms with Crippen molar-refractivity contribution in [1.29, 1.82) is 5.41 Å². The topological polar surface area (TPSA) is 72.0 Å². The summed E-state index contributed by atoms with van der Waals surface area (Å²) in [7, 11) is 0. The molecule has 20 heavy (non-hydrogen) atoms. The van der Waals surface area contributed by atoms with Crippen LogP contribution in [0, 0.1) is 12.3 Å². The van der Waals surface area contributed by atoms with Gasteiger partial charge < -0.3 is 10.5 Å². The van der Waals surface area contributed by atoms with E-state index < -0.39 is 0 Å². The summed E-state index contributed by atoms with van der Waals surface area (Å²) in [6.07, 6.45) is 2.60. The van der Waals surface area contributed by atoms with Crippen LogP contribution in [0.5, 0.6) is 0 Å². The zero-order valence-corrected chi connectivity index (χ0v) is 11.6. The van der Waals surface area contributed by atoms with Gasteiger partial charge in [0.25, 0.3) is 0 Å².